The van der Waals surface area contributed by atoms with Gasteiger partial charge in [-0.2, -0.15) is 0 Å². The van der Waals surface area contributed by atoms with E-state index in [1.54, 1.807) is 21.7 Å². The fourth-order valence-electron chi connectivity index (χ4n) is 3.53. The molecule has 2 aliphatic rings. The third-order valence-electron chi connectivity index (χ3n) is 5.03. The first kappa shape index (κ1) is 17.4. The SMILES string of the molecule is Cc1cccc(OC2CN(C(=O)CN3C(=O)N(C)Cc4ccccc43)C2)c1. The number of rotatable bonds is 4. The van der Waals surface area contributed by atoms with Crippen molar-refractivity contribution in [3.05, 3.63) is 59.7 Å². The molecule has 27 heavy (non-hydrogen) atoms. The Morgan fingerprint density at radius 1 is 1.15 bits per heavy atom. The first-order valence-corrected chi connectivity index (χ1v) is 9.13. The predicted molar refractivity (Wildman–Crippen MR) is 103 cm³/mol. The van der Waals surface area contributed by atoms with Gasteiger partial charge in [-0.1, -0.05) is 30.3 Å². The van der Waals surface area contributed by atoms with Gasteiger partial charge in [0.25, 0.3) is 0 Å². The number of benzene rings is 2. The molecule has 6 heteroatoms. The van der Waals surface area contributed by atoms with Gasteiger partial charge in [-0.05, 0) is 36.2 Å². The fourth-order valence-corrected chi connectivity index (χ4v) is 3.53. The first-order chi connectivity index (χ1) is 13.0. The van der Waals surface area contributed by atoms with Crippen molar-refractivity contribution in [2.45, 2.75) is 19.6 Å². The molecule has 0 saturated carbocycles. The Labute approximate surface area is 158 Å². The number of ether oxygens (including phenoxy) is 1. The first-order valence-electron chi connectivity index (χ1n) is 9.13. The van der Waals surface area contributed by atoms with Crippen LogP contribution in [0.4, 0.5) is 10.5 Å². The van der Waals surface area contributed by atoms with Crippen molar-refractivity contribution < 1.29 is 14.3 Å². The van der Waals surface area contributed by atoms with Crippen LogP contribution in [0.1, 0.15) is 11.1 Å². The second kappa shape index (κ2) is 6.95. The van der Waals surface area contributed by atoms with Crippen molar-refractivity contribution >= 4 is 17.6 Å². The summed E-state index contributed by atoms with van der Waals surface area (Å²) in [5, 5.41) is 0. The molecule has 3 amide bonds. The highest BCUT2D eigenvalue weighted by atomic mass is 16.5. The molecule has 0 N–H and O–H groups in total. The van der Waals surface area contributed by atoms with Crippen molar-refractivity contribution in [2.24, 2.45) is 0 Å². The largest absolute Gasteiger partial charge is 0.487 e. The molecule has 0 aromatic heterocycles. The second-order valence-corrected chi connectivity index (χ2v) is 7.21. The molecule has 4 rings (SSSR count). The highest BCUT2D eigenvalue weighted by molar-refractivity contribution is 5.99. The number of anilines is 1. The summed E-state index contributed by atoms with van der Waals surface area (Å²) in [5.74, 6) is 0.770. The number of urea groups is 1. The Morgan fingerprint density at radius 3 is 2.70 bits per heavy atom. The lowest BCUT2D eigenvalue weighted by Crippen LogP contribution is -2.59. The molecular weight excluding hydrogens is 342 g/mol. The van der Waals surface area contributed by atoms with E-state index in [1.807, 2.05) is 55.5 Å². The van der Waals surface area contributed by atoms with Gasteiger partial charge in [0.15, 0.2) is 0 Å². The molecule has 2 heterocycles. The standard InChI is InChI=1S/C21H23N3O3/c1-15-6-5-8-17(10-15)27-18-12-23(13-18)20(25)14-24-19-9-4-3-7-16(19)11-22(2)21(24)26/h3-10,18H,11-14H2,1-2H3. The average molecular weight is 365 g/mol. The van der Waals surface area contributed by atoms with Gasteiger partial charge in [-0.3, -0.25) is 9.69 Å². The molecule has 0 unspecified atom stereocenters. The maximum atomic E-state index is 12.7. The zero-order valence-electron chi connectivity index (χ0n) is 15.6. The number of hydrogen-bond acceptors (Lipinski definition) is 3. The average Bonchev–Trinajstić information content (AvgIpc) is 2.61. The van der Waals surface area contributed by atoms with Crippen molar-refractivity contribution in [2.75, 3.05) is 31.6 Å². The zero-order chi connectivity index (χ0) is 19.0. The van der Waals surface area contributed by atoms with Crippen LogP contribution in [0.2, 0.25) is 0 Å². The summed E-state index contributed by atoms with van der Waals surface area (Å²) < 4.78 is 5.91. The Balaban J connectivity index is 1.37. The van der Waals surface area contributed by atoms with E-state index in [-0.39, 0.29) is 24.6 Å². The number of amides is 3. The quantitative estimate of drug-likeness (QED) is 0.837. The number of carbonyl (C=O) groups is 2. The van der Waals surface area contributed by atoms with Gasteiger partial charge in [0, 0.05) is 13.6 Å². The monoisotopic (exact) mass is 365 g/mol. The Hall–Kier alpha value is -3.02. The number of likely N-dealkylation sites (tertiary alicyclic amines) is 1. The zero-order valence-corrected chi connectivity index (χ0v) is 15.6. The van der Waals surface area contributed by atoms with E-state index in [1.165, 1.54) is 0 Å². The lowest BCUT2D eigenvalue weighted by Gasteiger charge is -2.41. The smallest absolute Gasteiger partial charge is 0.325 e. The van der Waals surface area contributed by atoms with Crippen molar-refractivity contribution in [3.8, 4) is 5.75 Å². The van der Waals surface area contributed by atoms with E-state index in [0.29, 0.717) is 19.6 Å². The van der Waals surface area contributed by atoms with E-state index < -0.39 is 0 Å². The number of hydrogen-bond donors (Lipinski definition) is 0. The van der Waals surface area contributed by atoms with E-state index in [0.717, 1.165) is 22.6 Å². The van der Waals surface area contributed by atoms with Crippen LogP contribution in [-0.2, 0) is 11.3 Å². The summed E-state index contributed by atoms with van der Waals surface area (Å²) in [7, 11) is 1.76. The van der Waals surface area contributed by atoms with Gasteiger partial charge in [0.2, 0.25) is 5.91 Å². The van der Waals surface area contributed by atoms with E-state index in [2.05, 4.69) is 0 Å². The molecule has 0 spiro atoms. The maximum Gasteiger partial charge on any atom is 0.325 e. The topological polar surface area (TPSA) is 53.1 Å². The maximum absolute atomic E-state index is 12.7. The molecule has 0 aliphatic carbocycles. The van der Waals surface area contributed by atoms with Gasteiger partial charge < -0.3 is 14.5 Å². The Kier molecular flexibility index (Phi) is 4.48. The molecule has 1 fully saturated rings. The minimum absolute atomic E-state index is 0.00256. The third kappa shape index (κ3) is 3.47. The fraction of sp³-hybridized carbons (Fsp3) is 0.333. The number of para-hydroxylation sites is 1. The lowest BCUT2D eigenvalue weighted by molar-refractivity contribution is -0.138. The molecule has 2 aromatic carbocycles. The minimum atomic E-state index is -0.143. The summed E-state index contributed by atoms with van der Waals surface area (Å²) in [6, 6.07) is 15.5. The second-order valence-electron chi connectivity index (χ2n) is 7.21. The minimum Gasteiger partial charge on any atom is -0.487 e. The lowest BCUT2D eigenvalue weighted by atomic mass is 10.1. The van der Waals surface area contributed by atoms with Crippen molar-refractivity contribution in [3.63, 3.8) is 0 Å². The van der Waals surface area contributed by atoms with Crippen molar-refractivity contribution in [1.82, 2.24) is 9.80 Å². The summed E-state index contributed by atoms with van der Waals surface area (Å²) >= 11 is 0. The number of nitrogens with zero attached hydrogens (tertiary/aromatic N) is 3. The molecule has 1 saturated heterocycles. The van der Waals surface area contributed by atoms with Crippen LogP contribution in [0.5, 0.6) is 5.75 Å². The predicted octanol–water partition coefficient (Wildman–Crippen LogP) is 2.66. The van der Waals surface area contributed by atoms with Crippen LogP contribution in [0.15, 0.2) is 48.5 Å². The van der Waals surface area contributed by atoms with Gasteiger partial charge in [-0.25, -0.2) is 4.79 Å². The molecular formula is C21H23N3O3. The molecule has 2 aliphatic heterocycles. The number of fused-ring (bicyclic) bond motifs is 1. The third-order valence-corrected chi connectivity index (χ3v) is 5.03. The molecule has 140 valence electrons. The van der Waals surface area contributed by atoms with Crippen LogP contribution in [-0.4, -0.2) is 54.5 Å². The Bertz CT molecular complexity index is 876. The van der Waals surface area contributed by atoms with Crippen molar-refractivity contribution in [1.29, 1.82) is 0 Å². The normalized spacial score (nSPS) is 16.8. The van der Waals surface area contributed by atoms with E-state index in [4.69, 9.17) is 4.74 Å². The summed E-state index contributed by atoms with van der Waals surface area (Å²) in [4.78, 5) is 30.2. The van der Waals surface area contributed by atoms with Crippen LogP contribution in [0, 0.1) is 6.92 Å². The highest BCUT2D eigenvalue weighted by Gasteiger charge is 2.36. The van der Waals surface area contributed by atoms with E-state index in [9.17, 15) is 9.59 Å². The Morgan fingerprint density at radius 2 is 1.93 bits per heavy atom. The summed E-state index contributed by atoms with van der Waals surface area (Å²) in [5.41, 5.74) is 3.02. The molecule has 2 aromatic rings. The molecule has 0 bridgehead atoms. The van der Waals surface area contributed by atoms with E-state index >= 15 is 0 Å². The van der Waals surface area contributed by atoms with Crippen LogP contribution in [0.25, 0.3) is 0 Å². The van der Waals surface area contributed by atoms with Crippen LogP contribution >= 0.6 is 0 Å². The number of carbonyl (C=O) groups excluding carboxylic acids is 2. The summed E-state index contributed by atoms with van der Waals surface area (Å²) in [6.45, 7) is 3.74. The van der Waals surface area contributed by atoms with Gasteiger partial charge in [0.05, 0.1) is 18.8 Å². The molecule has 6 nitrogen and oxygen atoms in total. The molecule has 0 radical (unpaired) electrons. The highest BCUT2D eigenvalue weighted by Crippen LogP contribution is 2.28. The number of aryl methyl sites for hydroxylation is 1. The van der Waals surface area contributed by atoms with Gasteiger partial charge in [-0.15, -0.1) is 0 Å². The van der Waals surface area contributed by atoms with Crippen LogP contribution < -0.4 is 9.64 Å². The van der Waals surface area contributed by atoms with Gasteiger partial charge in [0.1, 0.15) is 18.4 Å². The summed E-state index contributed by atoms with van der Waals surface area (Å²) in [6.07, 6.45) is 0.00256. The van der Waals surface area contributed by atoms with Crippen LogP contribution in [0.3, 0.4) is 0 Å². The van der Waals surface area contributed by atoms with Gasteiger partial charge >= 0.3 is 6.03 Å². The molecule has 0 atom stereocenters.